The zero-order valence-electron chi connectivity index (χ0n) is 10.6. The summed E-state index contributed by atoms with van der Waals surface area (Å²) in [5.41, 5.74) is 1.61. The standard InChI is InChI=1S/C15H11F2NO2/c1-19-13-4-2-3-10(8-13)11-5-6-14(20-15(16)17)12(7-11)9-18/h2-8,15H,1H3. The lowest BCUT2D eigenvalue weighted by molar-refractivity contribution is -0.0500. The van der Waals surface area contributed by atoms with E-state index in [2.05, 4.69) is 4.74 Å². The van der Waals surface area contributed by atoms with Gasteiger partial charge in [-0.15, -0.1) is 0 Å². The summed E-state index contributed by atoms with van der Waals surface area (Å²) in [7, 11) is 1.55. The highest BCUT2D eigenvalue weighted by Crippen LogP contribution is 2.29. The quantitative estimate of drug-likeness (QED) is 0.851. The van der Waals surface area contributed by atoms with Crippen LogP contribution in [-0.2, 0) is 0 Å². The summed E-state index contributed by atoms with van der Waals surface area (Å²) in [6, 6.07) is 13.6. The van der Waals surface area contributed by atoms with Gasteiger partial charge in [0.2, 0.25) is 0 Å². The maximum absolute atomic E-state index is 12.2. The van der Waals surface area contributed by atoms with Crippen LogP contribution < -0.4 is 9.47 Å². The minimum atomic E-state index is -2.95. The summed E-state index contributed by atoms with van der Waals surface area (Å²) < 4.78 is 33.8. The number of nitrogens with zero attached hydrogens (tertiary/aromatic N) is 1. The molecule has 3 nitrogen and oxygen atoms in total. The van der Waals surface area contributed by atoms with E-state index in [4.69, 9.17) is 10.00 Å². The van der Waals surface area contributed by atoms with Gasteiger partial charge in [-0.1, -0.05) is 18.2 Å². The Morgan fingerprint density at radius 3 is 2.50 bits per heavy atom. The van der Waals surface area contributed by atoms with E-state index in [0.717, 1.165) is 11.1 Å². The third-order valence-corrected chi connectivity index (χ3v) is 2.72. The molecular formula is C15H11F2NO2. The van der Waals surface area contributed by atoms with Crippen LogP contribution in [0.4, 0.5) is 8.78 Å². The second kappa shape index (κ2) is 6.02. The molecule has 2 aromatic rings. The van der Waals surface area contributed by atoms with Gasteiger partial charge in [0.15, 0.2) is 0 Å². The van der Waals surface area contributed by atoms with Gasteiger partial charge in [-0.25, -0.2) is 0 Å². The van der Waals surface area contributed by atoms with Crippen LogP contribution in [0.25, 0.3) is 11.1 Å². The third-order valence-electron chi connectivity index (χ3n) is 2.72. The van der Waals surface area contributed by atoms with E-state index in [9.17, 15) is 8.78 Å². The molecule has 0 aromatic heterocycles. The van der Waals surface area contributed by atoms with Crippen LogP contribution in [0.2, 0.25) is 0 Å². The molecule has 0 aliphatic carbocycles. The number of alkyl halides is 2. The van der Waals surface area contributed by atoms with E-state index < -0.39 is 6.61 Å². The maximum Gasteiger partial charge on any atom is 0.387 e. The topological polar surface area (TPSA) is 42.2 Å². The normalized spacial score (nSPS) is 10.2. The zero-order valence-corrected chi connectivity index (χ0v) is 10.6. The van der Waals surface area contributed by atoms with Gasteiger partial charge < -0.3 is 9.47 Å². The molecule has 5 heteroatoms. The first kappa shape index (κ1) is 13.8. The number of rotatable bonds is 4. The Balaban J connectivity index is 2.41. The third kappa shape index (κ3) is 3.04. The summed E-state index contributed by atoms with van der Waals surface area (Å²) in [5, 5.41) is 9.00. The SMILES string of the molecule is COc1cccc(-c2ccc(OC(F)F)c(C#N)c2)c1. The smallest absolute Gasteiger partial charge is 0.387 e. The van der Waals surface area contributed by atoms with Gasteiger partial charge in [0.1, 0.15) is 17.6 Å². The van der Waals surface area contributed by atoms with E-state index in [-0.39, 0.29) is 11.3 Å². The molecule has 0 spiro atoms. The minimum absolute atomic E-state index is 0.0608. The van der Waals surface area contributed by atoms with Gasteiger partial charge in [0.25, 0.3) is 0 Å². The van der Waals surface area contributed by atoms with Crippen LogP contribution in [0.15, 0.2) is 42.5 Å². The Hall–Kier alpha value is -2.61. The van der Waals surface area contributed by atoms with Crippen molar-refractivity contribution >= 4 is 0 Å². The molecule has 2 rings (SSSR count). The van der Waals surface area contributed by atoms with Crippen molar-refractivity contribution in [3.63, 3.8) is 0 Å². The van der Waals surface area contributed by atoms with E-state index in [1.54, 1.807) is 25.3 Å². The van der Waals surface area contributed by atoms with Crippen LogP contribution in [0.1, 0.15) is 5.56 Å². The van der Waals surface area contributed by atoms with Crippen molar-refractivity contribution in [2.75, 3.05) is 7.11 Å². The second-order valence-electron chi connectivity index (χ2n) is 3.93. The first-order valence-corrected chi connectivity index (χ1v) is 5.77. The molecule has 0 heterocycles. The lowest BCUT2D eigenvalue weighted by Crippen LogP contribution is -2.03. The molecule has 20 heavy (non-hydrogen) atoms. The molecule has 2 aromatic carbocycles. The molecule has 0 aliphatic heterocycles. The molecule has 0 aliphatic rings. The van der Waals surface area contributed by atoms with Crippen LogP contribution in [0.3, 0.4) is 0 Å². The maximum atomic E-state index is 12.2. The number of hydrogen-bond acceptors (Lipinski definition) is 3. The minimum Gasteiger partial charge on any atom is -0.497 e. The Morgan fingerprint density at radius 1 is 1.10 bits per heavy atom. The van der Waals surface area contributed by atoms with Crippen molar-refractivity contribution < 1.29 is 18.3 Å². The highest BCUT2D eigenvalue weighted by molar-refractivity contribution is 5.68. The van der Waals surface area contributed by atoms with Crippen molar-refractivity contribution in [2.24, 2.45) is 0 Å². The fourth-order valence-electron chi connectivity index (χ4n) is 1.80. The lowest BCUT2D eigenvalue weighted by atomic mass is 10.0. The predicted molar refractivity (Wildman–Crippen MR) is 69.8 cm³/mol. The average Bonchev–Trinajstić information content (AvgIpc) is 2.47. The molecule has 0 atom stereocenters. The number of methoxy groups -OCH3 is 1. The van der Waals surface area contributed by atoms with Crippen molar-refractivity contribution in [2.45, 2.75) is 6.61 Å². The fourth-order valence-corrected chi connectivity index (χ4v) is 1.80. The summed E-state index contributed by atoms with van der Waals surface area (Å²) in [6.45, 7) is -2.95. The number of halogens is 2. The van der Waals surface area contributed by atoms with Crippen LogP contribution >= 0.6 is 0 Å². The van der Waals surface area contributed by atoms with Gasteiger partial charge in [-0.2, -0.15) is 14.0 Å². The zero-order chi connectivity index (χ0) is 14.5. The van der Waals surface area contributed by atoms with Crippen molar-refractivity contribution in [1.82, 2.24) is 0 Å². The molecule has 0 saturated carbocycles. The summed E-state index contributed by atoms with van der Waals surface area (Å²) in [4.78, 5) is 0. The summed E-state index contributed by atoms with van der Waals surface area (Å²) in [6.07, 6.45) is 0. The molecule has 0 saturated heterocycles. The number of benzene rings is 2. The van der Waals surface area contributed by atoms with Crippen molar-refractivity contribution in [3.05, 3.63) is 48.0 Å². The molecule has 0 bridgehead atoms. The Labute approximate surface area is 115 Å². The second-order valence-corrected chi connectivity index (χ2v) is 3.93. The fraction of sp³-hybridized carbons (Fsp3) is 0.133. The van der Waals surface area contributed by atoms with E-state index in [1.807, 2.05) is 18.2 Å². The van der Waals surface area contributed by atoms with Crippen LogP contribution in [0, 0.1) is 11.3 Å². The van der Waals surface area contributed by atoms with Gasteiger partial charge in [-0.05, 0) is 35.4 Å². The largest absolute Gasteiger partial charge is 0.497 e. The summed E-state index contributed by atoms with van der Waals surface area (Å²) in [5.74, 6) is 0.545. The van der Waals surface area contributed by atoms with Crippen molar-refractivity contribution in [1.29, 1.82) is 5.26 Å². The average molecular weight is 275 g/mol. The van der Waals surface area contributed by atoms with E-state index in [0.29, 0.717) is 5.75 Å². The molecule has 102 valence electrons. The Kier molecular flexibility index (Phi) is 4.16. The lowest BCUT2D eigenvalue weighted by Gasteiger charge is -2.09. The van der Waals surface area contributed by atoms with Crippen LogP contribution in [0.5, 0.6) is 11.5 Å². The van der Waals surface area contributed by atoms with Gasteiger partial charge in [-0.3, -0.25) is 0 Å². The predicted octanol–water partition coefficient (Wildman–Crippen LogP) is 3.84. The Morgan fingerprint density at radius 2 is 1.85 bits per heavy atom. The molecule has 0 fully saturated rings. The van der Waals surface area contributed by atoms with Gasteiger partial charge >= 0.3 is 6.61 Å². The molecule has 0 N–H and O–H groups in total. The van der Waals surface area contributed by atoms with Crippen LogP contribution in [-0.4, -0.2) is 13.7 Å². The van der Waals surface area contributed by atoms with Gasteiger partial charge in [0, 0.05) is 0 Å². The first-order valence-electron chi connectivity index (χ1n) is 5.77. The number of nitriles is 1. The van der Waals surface area contributed by atoms with Gasteiger partial charge in [0.05, 0.1) is 12.7 Å². The molecule has 0 unspecified atom stereocenters. The monoisotopic (exact) mass is 275 g/mol. The number of hydrogen-bond donors (Lipinski definition) is 0. The molecule has 0 amide bonds. The molecular weight excluding hydrogens is 264 g/mol. The highest BCUT2D eigenvalue weighted by atomic mass is 19.3. The molecule has 0 radical (unpaired) electrons. The first-order chi connectivity index (χ1) is 9.63. The van der Waals surface area contributed by atoms with Crippen molar-refractivity contribution in [3.8, 4) is 28.7 Å². The Bertz CT molecular complexity index is 651. The summed E-state index contributed by atoms with van der Waals surface area (Å²) >= 11 is 0. The number of ether oxygens (including phenoxy) is 2. The van der Waals surface area contributed by atoms with E-state index in [1.165, 1.54) is 12.1 Å². The van der Waals surface area contributed by atoms with E-state index >= 15 is 0 Å². The highest BCUT2D eigenvalue weighted by Gasteiger charge is 2.11.